The van der Waals surface area contributed by atoms with E-state index in [1.807, 2.05) is 14.0 Å². The Balaban J connectivity index is 2.41. The first-order chi connectivity index (χ1) is 7.59. The molecule has 1 fully saturated rings. The van der Waals surface area contributed by atoms with E-state index < -0.39 is 9.84 Å². The van der Waals surface area contributed by atoms with Crippen LogP contribution in [0.3, 0.4) is 0 Å². The van der Waals surface area contributed by atoms with Crippen molar-refractivity contribution in [3.8, 4) is 0 Å². The van der Waals surface area contributed by atoms with Crippen LogP contribution in [0, 0.1) is 5.92 Å². The molecule has 0 spiro atoms. The Labute approximate surface area is 99.9 Å². The first-order valence-corrected chi connectivity index (χ1v) is 8.29. The van der Waals surface area contributed by atoms with Crippen LogP contribution in [-0.4, -0.2) is 33.0 Å². The van der Waals surface area contributed by atoms with Gasteiger partial charge < -0.3 is 5.32 Å². The van der Waals surface area contributed by atoms with Gasteiger partial charge in [-0.3, -0.25) is 0 Å². The van der Waals surface area contributed by atoms with Crippen LogP contribution in [0.5, 0.6) is 0 Å². The van der Waals surface area contributed by atoms with E-state index in [4.69, 9.17) is 0 Å². The van der Waals surface area contributed by atoms with Gasteiger partial charge in [-0.2, -0.15) is 0 Å². The number of nitrogens with one attached hydrogen (secondary N) is 1. The molecule has 0 heterocycles. The van der Waals surface area contributed by atoms with Gasteiger partial charge in [0.15, 0.2) is 0 Å². The highest BCUT2D eigenvalue weighted by Crippen LogP contribution is 2.27. The smallest absolute Gasteiger partial charge is 0.150 e. The molecule has 0 saturated heterocycles. The molecule has 96 valence electrons. The van der Waals surface area contributed by atoms with E-state index in [1.54, 1.807) is 0 Å². The van der Waals surface area contributed by atoms with Crippen LogP contribution in [0.4, 0.5) is 0 Å². The number of hydrogen-bond acceptors (Lipinski definition) is 3. The van der Waals surface area contributed by atoms with E-state index in [9.17, 15) is 8.42 Å². The molecule has 0 radical (unpaired) electrons. The summed E-state index contributed by atoms with van der Waals surface area (Å²) in [5.41, 5.74) is 0. The van der Waals surface area contributed by atoms with Crippen molar-refractivity contribution in [1.82, 2.24) is 5.32 Å². The first-order valence-electron chi connectivity index (χ1n) is 6.46. The summed E-state index contributed by atoms with van der Waals surface area (Å²) in [5, 5.41) is 3.33. The van der Waals surface area contributed by atoms with E-state index in [0.717, 1.165) is 12.8 Å². The van der Waals surface area contributed by atoms with Crippen molar-refractivity contribution in [3.63, 3.8) is 0 Å². The Morgan fingerprint density at radius 1 is 1.19 bits per heavy atom. The van der Waals surface area contributed by atoms with Crippen molar-refractivity contribution in [2.75, 3.05) is 18.6 Å². The fraction of sp³-hybridized carbons (Fsp3) is 1.00. The molecule has 0 amide bonds. The molecule has 2 unspecified atom stereocenters. The summed E-state index contributed by atoms with van der Waals surface area (Å²) in [4.78, 5) is 0. The number of rotatable bonds is 6. The van der Waals surface area contributed by atoms with Crippen molar-refractivity contribution in [2.24, 2.45) is 5.92 Å². The van der Waals surface area contributed by atoms with Crippen LogP contribution in [0.25, 0.3) is 0 Å². The normalized spacial score (nSPS) is 26.9. The maximum absolute atomic E-state index is 11.6. The third-order valence-corrected chi connectivity index (χ3v) is 5.48. The molecule has 0 aliphatic heterocycles. The molecule has 0 bridgehead atoms. The van der Waals surface area contributed by atoms with Crippen LogP contribution < -0.4 is 5.32 Å². The highest BCUT2D eigenvalue weighted by Gasteiger charge is 2.25. The zero-order valence-electron chi connectivity index (χ0n) is 10.5. The van der Waals surface area contributed by atoms with Gasteiger partial charge in [-0.15, -0.1) is 0 Å². The fourth-order valence-electron chi connectivity index (χ4n) is 2.68. The zero-order valence-corrected chi connectivity index (χ0v) is 11.4. The second kappa shape index (κ2) is 6.60. The SMILES string of the molecule is CCCS(=O)(=O)CCC1CCCCC1NC. The second-order valence-corrected chi connectivity index (χ2v) is 7.18. The van der Waals surface area contributed by atoms with Crippen molar-refractivity contribution >= 4 is 9.84 Å². The standard InChI is InChI=1S/C12H25NO2S/c1-3-9-16(14,15)10-8-11-6-4-5-7-12(11)13-2/h11-13H,3-10H2,1-2H3. The molecule has 4 heteroatoms. The molecule has 0 aromatic heterocycles. The minimum atomic E-state index is -2.79. The highest BCUT2D eigenvalue weighted by atomic mass is 32.2. The zero-order chi connectivity index (χ0) is 12.0. The molecule has 2 atom stereocenters. The van der Waals surface area contributed by atoms with E-state index in [2.05, 4.69) is 5.32 Å². The number of hydrogen-bond donors (Lipinski definition) is 1. The summed E-state index contributed by atoms with van der Waals surface area (Å²) < 4.78 is 23.3. The molecule has 1 rings (SSSR count). The predicted octanol–water partition coefficient (Wildman–Crippen LogP) is 1.98. The lowest BCUT2D eigenvalue weighted by Crippen LogP contribution is -2.37. The molecule has 1 aliphatic rings. The summed E-state index contributed by atoms with van der Waals surface area (Å²) in [6.07, 6.45) is 6.51. The average molecular weight is 247 g/mol. The summed E-state index contributed by atoms with van der Waals surface area (Å²) in [6, 6.07) is 0.533. The van der Waals surface area contributed by atoms with Crippen molar-refractivity contribution < 1.29 is 8.42 Å². The van der Waals surface area contributed by atoms with Crippen LogP contribution in [0.2, 0.25) is 0 Å². The highest BCUT2D eigenvalue weighted by molar-refractivity contribution is 7.91. The molecule has 3 nitrogen and oxygen atoms in total. The Morgan fingerprint density at radius 3 is 2.50 bits per heavy atom. The predicted molar refractivity (Wildman–Crippen MR) is 68.4 cm³/mol. The maximum Gasteiger partial charge on any atom is 0.150 e. The Bertz CT molecular complexity index is 287. The van der Waals surface area contributed by atoms with Gasteiger partial charge in [0, 0.05) is 11.8 Å². The van der Waals surface area contributed by atoms with Crippen LogP contribution in [-0.2, 0) is 9.84 Å². The van der Waals surface area contributed by atoms with Gasteiger partial charge >= 0.3 is 0 Å². The summed E-state index contributed by atoms with van der Waals surface area (Å²) in [7, 11) is -0.801. The molecule has 0 aromatic carbocycles. The van der Waals surface area contributed by atoms with Gasteiger partial charge in [-0.25, -0.2) is 8.42 Å². The largest absolute Gasteiger partial charge is 0.317 e. The monoisotopic (exact) mass is 247 g/mol. The van der Waals surface area contributed by atoms with E-state index in [1.165, 1.54) is 25.7 Å². The van der Waals surface area contributed by atoms with Crippen molar-refractivity contribution in [1.29, 1.82) is 0 Å². The van der Waals surface area contributed by atoms with Gasteiger partial charge in [0.25, 0.3) is 0 Å². The second-order valence-electron chi connectivity index (χ2n) is 4.88. The third-order valence-electron chi connectivity index (χ3n) is 3.59. The minimum absolute atomic E-state index is 0.351. The van der Waals surface area contributed by atoms with E-state index in [0.29, 0.717) is 23.5 Å². The average Bonchev–Trinajstić information content (AvgIpc) is 2.27. The maximum atomic E-state index is 11.6. The van der Waals surface area contributed by atoms with E-state index >= 15 is 0 Å². The lowest BCUT2D eigenvalue weighted by atomic mass is 9.83. The molecule has 1 N–H and O–H groups in total. The molecule has 16 heavy (non-hydrogen) atoms. The third kappa shape index (κ3) is 4.42. The quantitative estimate of drug-likeness (QED) is 0.780. The van der Waals surface area contributed by atoms with Gasteiger partial charge in [-0.05, 0) is 38.6 Å². The fourth-order valence-corrected chi connectivity index (χ4v) is 4.17. The Morgan fingerprint density at radius 2 is 1.88 bits per heavy atom. The molecule has 0 aromatic rings. The van der Waals surface area contributed by atoms with Crippen molar-refractivity contribution in [2.45, 2.75) is 51.5 Å². The first kappa shape index (κ1) is 14.0. The summed E-state index contributed by atoms with van der Waals surface area (Å²) >= 11 is 0. The lowest BCUT2D eigenvalue weighted by Gasteiger charge is -2.31. The molecule has 1 aliphatic carbocycles. The van der Waals surface area contributed by atoms with Crippen LogP contribution >= 0.6 is 0 Å². The van der Waals surface area contributed by atoms with Gasteiger partial charge in [0.05, 0.1) is 5.75 Å². The van der Waals surface area contributed by atoms with Crippen molar-refractivity contribution in [3.05, 3.63) is 0 Å². The molecule has 1 saturated carbocycles. The van der Waals surface area contributed by atoms with Gasteiger partial charge in [0.1, 0.15) is 9.84 Å². The molecular weight excluding hydrogens is 222 g/mol. The van der Waals surface area contributed by atoms with Gasteiger partial charge in [0.2, 0.25) is 0 Å². The van der Waals surface area contributed by atoms with Crippen LogP contribution in [0.1, 0.15) is 45.4 Å². The minimum Gasteiger partial charge on any atom is -0.317 e. The topological polar surface area (TPSA) is 46.2 Å². The van der Waals surface area contributed by atoms with E-state index in [-0.39, 0.29) is 0 Å². The summed E-state index contributed by atoms with van der Waals surface area (Å²) in [5.74, 6) is 1.29. The number of sulfone groups is 1. The molecular formula is C12H25NO2S. The lowest BCUT2D eigenvalue weighted by molar-refractivity contribution is 0.268. The Hall–Kier alpha value is -0.0900. The van der Waals surface area contributed by atoms with Crippen LogP contribution in [0.15, 0.2) is 0 Å². The Kier molecular flexibility index (Phi) is 5.76. The summed E-state index contributed by atoms with van der Waals surface area (Å²) in [6.45, 7) is 1.93. The van der Waals surface area contributed by atoms with Gasteiger partial charge in [-0.1, -0.05) is 19.8 Å².